The summed E-state index contributed by atoms with van der Waals surface area (Å²) in [4.78, 5) is 16.6. The monoisotopic (exact) mass is 246 g/mol. The van der Waals surface area contributed by atoms with Crippen LogP contribution in [0.25, 0.3) is 0 Å². The summed E-state index contributed by atoms with van der Waals surface area (Å²) in [5.74, 6) is 1.48. The number of hydrogen-bond donors (Lipinski definition) is 0. The maximum atomic E-state index is 4.34. The minimum Gasteiger partial charge on any atom is -0.297 e. The normalized spacial score (nSPS) is 20.8. The number of likely N-dealkylation sites (tertiary alicyclic amines) is 1. The van der Waals surface area contributed by atoms with Crippen molar-refractivity contribution >= 4 is 11.3 Å². The molecule has 1 unspecified atom stereocenters. The smallest absolute Gasteiger partial charge is 0.132 e. The van der Waals surface area contributed by atoms with E-state index in [1.807, 2.05) is 30.2 Å². The summed E-state index contributed by atoms with van der Waals surface area (Å²) < 4.78 is 0. The quantitative estimate of drug-likeness (QED) is 0.830. The minimum atomic E-state index is 0.490. The molecule has 5 heteroatoms. The Balaban J connectivity index is 1.62. The first-order chi connectivity index (χ1) is 8.42. The van der Waals surface area contributed by atoms with E-state index in [-0.39, 0.29) is 0 Å². The third-order valence-electron chi connectivity index (χ3n) is 3.09. The van der Waals surface area contributed by atoms with E-state index in [9.17, 15) is 0 Å². The second-order valence-corrected chi connectivity index (χ2v) is 5.27. The van der Waals surface area contributed by atoms with Gasteiger partial charge in [-0.05, 0) is 19.0 Å². The Labute approximate surface area is 104 Å². The van der Waals surface area contributed by atoms with Gasteiger partial charge in [0.1, 0.15) is 5.82 Å². The number of aromatic nitrogens is 3. The molecule has 1 saturated heterocycles. The lowest BCUT2D eigenvalue weighted by Gasteiger charge is -2.13. The van der Waals surface area contributed by atoms with Crippen LogP contribution in [0, 0.1) is 0 Å². The van der Waals surface area contributed by atoms with Crippen LogP contribution < -0.4 is 0 Å². The minimum absolute atomic E-state index is 0.490. The van der Waals surface area contributed by atoms with Crippen LogP contribution in [0.2, 0.25) is 0 Å². The summed E-state index contributed by atoms with van der Waals surface area (Å²) in [6.07, 6.45) is 6.77. The van der Waals surface area contributed by atoms with Gasteiger partial charge in [-0.3, -0.25) is 9.88 Å². The van der Waals surface area contributed by atoms with Crippen LogP contribution in [0.4, 0.5) is 0 Å². The molecule has 2 aromatic heterocycles. The lowest BCUT2D eigenvalue weighted by atomic mass is 10.1. The summed E-state index contributed by atoms with van der Waals surface area (Å²) in [7, 11) is 0. The van der Waals surface area contributed by atoms with Crippen molar-refractivity contribution in [3.05, 3.63) is 40.9 Å². The van der Waals surface area contributed by atoms with Gasteiger partial charge in [0.05, 0.1) is 5.51 Å². The Morgan fingerprint density at radius 2 is 2.24 bits per heavy atom. The molecule has 88 valence electrons. The maximum absolute atomic E-state index is 4.34. The molecule has 1 atom stereocenters. The van der Waals surface area contributed by atoms with E-state index in [0.717, 1.165) is 31.9 Å². The third kappa shape index (κ3) is 2.50. The van der Waals surface area contributed by atoms with Gasteiger partial charge in [0.15, 0.2) is 0 Å². The first kappa shape index (κ1) is 10.8. The van der Waals surface area contributed by atoms with Crippen LogP contribution in [-0.4, -0.2) is 32.9 Å². The summed E-state index contributed by atoms with van der Waals surface area (Å²) in [5.41, 5.74) is 1.89. The molecule has 1 aliphatic rings. The van der Waals surface area contributed by atoms with Crippen molar-refractivity contribution in [1.29, 1.82) is 0 Å². The Bertz CT molecular complexity index is 457. The van der Waals surface area contributed by atoms with Gasteiger partial charge in [0.25, 0.3) is 0 Å². The van der Waals surface area contributed by atoms with E-state index in [2.05, 4.69) is 19.9 Å². The van der Waals surface area contributed by atoms with E-state index >= 15 is 0 Å². The van der Waals surface area contributed by atoms with Gasteiger partial charge in [-0.15, -0.1) is 11.3 Å². The fourth-order valence-electron chi connectivity index (χ4n) is 2.25. The molecule has 0 saturated carbocycles. The summed E-state index contributed by atoms with van der Waals surface area (Å²) in [6.45, 7) is 3.19. The first-order valence-corrected chi connectivity index (χ1v) is 6.66. The number of rotatable bonds is 3. The molecule has 0 aromatic carbocycles. The second kappa shape index (κ2) is 4.89. The van der Waals surface area contributed by atoms with Gasteiger partial charge in [-0.1, -0.05) is 0 Å². The molecule has 0 amide bonds. The van der Waals surface area contributed by atoms with Crippen LogP contribution in [0.5, 0.6) is 0 Å². The number of hydrogen-bond acceptors (Lipinski definition) is 5. The fraction of sp³-hybridized carbons (Fsp3) is 0.417. The second-order valence-electron chi connectivity index (χ2n) is 4.30. The molecule has 0 bridgehead atoms. The van der Waals surface area contributed by atoms with Gasteiger partial charge in [-0.25, -0.2) is 9.97 Å². The van der Waals surface area contributed by atoms with Crippen LogP contribution >= 0.6 is 11.3 Å². The van der Waals surface area contributed by atoms with Crippen LogP contribution in [0.15, 0.2) is 30.2 Å². The van der Waals surface area contributed by atoms with Gasteiger partial charge in [-0.2, -0.15) is 0 Å². The molecule has 17 heavy (non-hydrogen) atoms. The zero-order valence-corrected chi connectivity index (χ0v) is 10.3. The molecule has 1 fully saturated rings. The topological polar surface area (TPSA) is 41.9 Å². The SMILES string of the molecule is c1cnc(C2CCN(Cc3cncs3)C2)nc1. The highest BCUT2D eigenvalue weighted by atomic mass is 32.1. The van der Waals surface area contributed by atoms with Crippen molar-refractivity contribution < 1.29 is 0 Å². The first-order valence-electron chi connectivity index (χ1n) is 5.78. The average molecular weight is 246 g/mol. The molecular formula is C12H14N4S. The molecule has 0 radical (unpaired) electrons. The van der Waals surface area contributed by atoms with Gasteiger partial charge in [0, 0.05) is 42.5 Å². The van der Waals surface area contributed by atoms with E-state index < -0.39 is 0 Å². The van der Waals surface area contributed by atoms with Crippen molar-refractivity contribution in [3.8, 4) is 0 Å². The predicted octanol–water partition coefficient (Wildman–Crippen LogP) is 1.92. The molecule has 3 heterocycles. The summed E-state index contributed by atoms with van der Waals surface area (Å²) >= 11 is 1.72. The molecule has 2 aromatic rings. The van der Waals surface area contributed by atoms with Gasteiger partial charge < -0.3 is 0 Å². The van der Waals surface area contributed by atoms with Crippen LogP contribution in [0.1, 0.15) is 23.0 Å². The zero-order chi connectivity index (χ0) is 11.5. The highest BCUT2D eigenvalue weighted by molar-refractivity contribution is 7.09. The number of nitrogens with zero attached hydrogens (tertiary/aromatic N) is 4. The largest absolute Gasteiger partial charge is 0.297 e. The van der Waals surface area contributed by atoms with E-state index in [0.29, 0.717) is 5.92 Å². The van der Waals surface area contributed by atoms with Crippen molar-refractivity contribution in [2.75, 3.05) is 13.1 Å². The standard InChI is InChI=1S/C12H14N4S/c1-3-14-12(15-4-1)10-2-5-16(7-10)8-11-6-13-9-17-11/h1,3-4,6,9-10H,2,5,7-8H2. The molecule has 3 rings (SSSR count). The predicted molar refractivity (Wildman–Crippen MR) is 66.8 cm³/mol. The third-order valence-corrected chi connectivity index (χ3v) is 3.85. The Morgan fingerprint density at radius 3 is 3.00 bits per heavy atom. The molecule has 1 aliphatic heterocycles. The fourth-order valence-corrected chi connectivity index (χ4v) is 2.88. The Hall–Kier alpha value is -1.33. The molecule has 0 aliphatic carbocycles. The zero-order valence-electron chi connectivity index (χ0n) is 9.49. The summed E-state index contributed by atoms with van der Waals surface area (Å²) in [5, 5.41) is 0. The Morgan fingerprint density at radius 1 is 1.35 bits per heavy atom. The van der Waals surface area contributed by atoms with E-state index in [4.69, 9.17) is 0 Å². The van der Waals surface area contributed by atoms with E-state index in [1.54, 1.807) is 11.3 Å². The van der Waals surface area contributed by atoms with Crippen molar-refractivity contribution in [2.45, 2.75) is 18.9 Å². The molecule has 0 N–H and O–H groups in total. The van der Waals surface area contributed by atoms with Gasteiger partial charge in [0.2, 0.25) is 0 Å². The molecular weight excluding hydrogens is 232 g/mol. The highest BCUT2D eigenvalue weighted by Gasteiger charge is 2.25. The van der Waals surface area contributed by atoms with Crippen molar-refractivity contribution in [2.24, 2.45) is 0 Å². The lowest BCUT2D eigenvalue weighted by Crippen LogP contribution is -2.19. The average Bonchev–Trinajstić information content (AvgIpc) is 3.02. The molecule has 0 spiro atoms. The van der Waals surface area contributed by atoms with Gasteiger partial charge >= 0.3 is 0 Å². The van der Waals surface area contributed by atoms with Crippen molar-refractivity contribution in [3.63, 3.8) is 0 Å². The van der Waals surface area contributed by atoms with Crippen LogP contribution in [0.3, 0.4) is 0 Å². The van der Waals surface area contributed by atoms with E-state index in [1.165, 1.54) is 4.88 Å². The van der Waals surface area contributed by atoms with Crippen LogP contribution in [-0.2, 0) is 6.54 Å². The maximum Gasteiger partial charge on any atom is 0.132 e. The highest BCUT2D eigenvalue weighted by Crippen LogP contribution is 2.25. The lowest BCUT2D eigenvalue weighted by molar-refractivity contribution is 0.328. The Kier molecular flexibility index (Phi) is 3.11. The molecule has 4 nitrogen and oxygen atoms in total. The summed E-state index contributed by atoms with van der Waals surface area (Å²) in [6, 6.07) is 1.87. The number of thiazole rings is 1. The van der Waals surface area contributed by atoms with Crippen molar-refractivity contribution in [1.82, 2.24) is 19.9 Å².